The molecule has 3 nitrogen and oxygen atoms in total. The van der Waals surface area contributed by atoms with Gasteiger partial charge in [0.1, 0.15) is 5.78 Å². The molecule has 1 N–H and O–H groups in total. The highest BCUT2D eigenvalue weighted by Gasteiger charge is 2.45. The van der Waals surface area contributed by atoms with E-state index in [2.05, 4.69) is 16.4 Å². The first-order valence-electron chi connectivity index (χ1n) is 7.06. The average molecular weight is 242 g/mol. The van der Waals surface area contributed by atoms with E-state index in [0.717, 1.165) is 25.0 Å². The molecule has 2 saturated heterocycles. The van der Waals surface area contributed by atoms with E-state index in [1.165, 1.54) is 18.4 Å². The smallest absolute Gasteiger partial charge is 0.146 e. The molecule has 94 valence electrons. The van der Waals surface area contributed by atoms with Crippen LogP contribution in [0.2, 0.25) is 0 Å². The van der Waals surface area contributed by atoms with E-state index in [4.69, 9.17) is 0 Å². The normalized spacial score (nSPS) is 36.9. The van der Waals surface area contributed by atoms with Crippen molar-refractivity contribution in [2.75, 3.05) is 0 Å². The first-order valence-corrected chi connectivity index (χ1v) is 7.06. The summed E-state index contributed by atoms with van der Waals surface area (Å²) in [6.45, 7) is 0. The zero-order valence-electron chi connectivity index (χ0n) is 10.4. The van der Waals surface area contributed by atoms with Crippen LogP contribution in [0.1, 0.15) is 42.9 Å². The fourth-order valence-corrected chi connectivity index (χ4v) is 4.09. The van der Waals surface area contributed by atoms with E-state index in [-0.39, 0.29) is 11.8 Å². The summed E-state index contributed by atoms with van der Waals surface area (Å²) >= 11 is 0. The number of aryl methyl sites for hydroxylation is 1. The maximum atomic E-state index is 12.7. The van der Waals surface area contributed by atoms with Crippen molar-refractivity contribution in [3.63, 3.8) is 0 Å². The topological polar surface area (TPSA) is 42.0 Å². The Hall–Kier alpha value is -1.22. The Morgan fingerprint density at radius 3 is 3.06 bits per heavy atom. The first kappa shape index (κ1) is 10.7. The number of carbonyl (C=O) groups excluding carboxylic acids is 1. The van der Waals surface area contributed by atoms with Gasteiger partial charge in [0.05, 0.1) is 11.6 Å². The van der Waals surface area contributed by atoms with E-state index < -0.39 is 0 Å². The largest absolute Gasteiger partial charge is 0.310 e. The lowest BCUT2D eigenvalue weighted by Crippen LogP contribution is -2.31. The lowest BCUT2D eigenvalue weighted by molar-refractivity contribution is -0.125. The van der Waals surface area contributed by atoms with Gasteiger partial charge in [-0.2, -0.15) is 0 Å². The minimum atomic E-state index is 0.0763. The molecule has 2 aliphatic heterocycles. The summed E-state index contributed by atoms with van der Waals surface area (Å²) in [6.07, 6.45) is 7.31. The molecule has 2 fully saturated rings. The van der Waals surface area contributed by atoms with Gasteiger partial charge in [0.25, 0.3) is 0 Å². The van der Waals surface area contributed by atoms with Crippen molar-refractivity contribution in [2.24, 2.45) is 5.92 Å². The van der Waals surface area contributed by atoms with Gasteiger partial charge in [-0.05, 0) is 43.7 Å². The fourth-order valence-electron chi connectivity index (χ4n) is 4.09. The van der Waals surface area contributed by atoms with Gasteiger partial charge in [-0.1, -0.05) is 6.07 Å². The maximum absolute atomic E-state index is 12.7. The molecule has 0 saturated carbocycles. The summed E-state index contributed by atoms with van der Waals surface area (Å²) in [5, 5.41) is 3.56. The zero-order chi connectivity index (χ0) is 12.1. The second-order valence-electron chi connectivity index (χ2n) is 5.93. The van der Waals surface area contributed by atoms with Crippen LogP contribution in [0.4, 0.5) is 0 Å². The number of pyridine rings is 1. The second-order valence-corrected chi connectivity index (χ2v) is 5.93. The van der Waals surface area contributed by atoms with Crippen molar-refractivity contribution < 1.29 is 4.79 Å². The van der Waals surface area contributed by atoms with Crippen molar-refractivity contribution in [3.05, 3.63) is 29.6 Å². The Labute approximate surface area is 107 Å². The van der Waals surface area contributed by atoms with Crippen molar-refractivity contribution in [3.8, 4) is 0 Å². The predicted octanol–water partition coefficient (Wildman–Crippen LogP) is 1.82. The Bertz CT molecular complexity index is 499. The van der Waals surface area contributed by atoms with Gasteiger partial charge in [0.15, 0.2) is 0 Å². The third kappa shape index (κ3) is 1.46. The summed E-state index contributed by atoms with van der Waals surface area (Å²) in [5.41, 5.74) is 2.34. The van der Waals surface area contributed by atoms with Gasteiger partial charge in [0.2, 0.25) is 0 Å². The number of fused-ring (bicyclic) bond motifs is 3. The van der Waals surface area contributed by atoms with Gasteiger partial charge in [-0.15, -0.1) is 0 Å². The van der Waals surface area contributed by atoms with E-state index in [1.54, 1.807) is 0 Å². The monoisotopic (exact) mass is 242 g/mol. The molecule has 0 amide bonds. The van der Waals surface area contributed by atoms with Crippen LogP contribution in [0.15, 0.2) is 18.3 Å². The molecular formula is C15H18N2O. The Balaban J connectivity index is 1.60. The van der Waals surface area contributed by atoms with Crippen LogP contribution in [-0.2, 0) is 11.2 Å². The standard InChI is InChI=1S/C15H18N2O/c18-15(12-8-10-4-6-13(12)17-10)11-5-3-9-2-1-7-16-14(9)11/h1-2,7,10-13,17H,3-6,8H2. The Morgan fingerprint density at radius 2 is 2.28 bits per heavy atom. The molecular weight excluding hydrogens is 224 g/mol. The molecule has 1 aromatic heterocycles. The van der Waals surface area contributed by atoms with Crippen LogP contribution in [0, 0.1) is 5.92 Å². The van der Waals surface area contributed by atoms with Gasteiger partial charge >= 0.3 is 0 Å². The number of aromatic nitrogens is 1. The molecule has 0 radical (unpaired) electrons. The third-order valence-electron chi connectivity index (χ3n) is 4.97. The number of nitrogens with one attached hydrogen (secondary N) is 1. The summed E-state index contributed by atoms with van der Waals surface area (Å²) in [7, 11) is 0. The Morgan fingerprint density at radius 1 is 1.33 bits per heavy atom. The van der Waals surface area contributed by atoms with E-state index in [1.807, 2.05) is 12.3 Å². The average Bonchev–Trinajstić information content (AvgIpc) is 3.12. The summed E-state index contributed by atoms with van der Waals surface area (Å²) in [5.74, 6) is 0.779. The van der Waals surface area contributed by atoms with E-state index in [9.17, 15) is 4.79 Å². The van der Waals surface area contributed by atoms with Crippen LogP contribution < -0.4 is 5.32 Å². The highest BCUT2D eigenvalue weighted by molar-refractivity contribution is 5.89. The van der Waals surface area contributed by atoms with Crippen molar-refractivity contribution >= 4 is 5.78 Å². The van der Waals surface area contributed by atoms with Crippen LogP contribution in [-0.4, -0.2) is 22.9 Å². The Kier molecular flexibility index (Phi) is 2.31. The van der Waals surface area contributed by atoms with Crippen molar-refractivity contribution in [1.29, 1.82) is 0 Å². The van der Waals surface area contributed by atoms with Crippen molar-refractivity contribution in [2.45, 2.75) is 50.1 Å². The lowest BCUT2D eigenvalue weighted by Gasteiger charge is -2.22. The second kappa shape index (κ2) is 3.89. The predicted molar refractivity (Wildman–Crippen MR) is 68.4 cm³/mol. The molecule has 0 spiro atoms. The van der Waals surface area contributed by atoms with Crippen LogP contribution >= 0.6 is 0 Å². The summed E-state index contributed by atoms with van der Waals surface area (Å²) in [4.78, 5) is 17.2. The zero-order valence-corrected chi connectivity index (χ0v) is 10.4. The van der Waals surface area contributed by atoms with Gasteiger partial charge in [-0.3, -0.25) is 9.78 Å². The number of carbonyl (C=O) groups is 1. The molecule has 4 unspecified atom stereocenters. The molecule has 4 rings (SSSR count). The molecule has 0 aromatic carbocycles. The summed E-state index contributed by atoms with van der Waals surface area (Å²) in [6, 6.07) is 5.16. The number of ketones is 1. The highest BCUT2D eigenvalue weighted by Crippen LogP contribution is 2.40. The number of rotatable bonds is 2. The summed E-state index contributed by atoms with van der Waals surface area (Å²) < 4.78 is 0. The highest BCUT2D eigenvalue weighted by atomic mass is 16.1. The number of hydrogen-bond acceptors (Lipinski definition) is 3. The third-order valence-corrected chi connectivity index (χ3v) is 4.97. The van der Waals surface area contributed by atoms with Gasteiger partial charge in [-0.25, -0.2) is 0 Å². The van der Waals surface area contributed by atoms with E-state index >= 15 is 0 Å². The van der Waals surface area contributed by atoms with Crippen LogP contribution in [0.3, 0.4) is 0 Å². The molecule has 1 aromatic rings. The van der Waals surface area contributed by atoms with Crippen molar-refractivity contribution in [1.82, 2.24) is 10.3 Å². The minimum Gasteiger partial charge on any atom is -0.310 e. The van der Waals surface area contributed by atoms with Crippen LogP contribution in [0.25, 0.3) is 0 Å². The first-order chi connectivity index (χ1) is 8.83. The number of nitrogens with zero attached hydrogens (tertiary/aromatic N) is 1. The maximum Gasteiger partial charge on any atom is 0.146 e. The fraction of sp³-hybridized carbons (Fsp3) is 0.600. The van der Waals surface area contributed by atoms with Crippen LogP contribution in [0.5, 0.6) is 0 Å². The molecule has 18 heavy (non-hydrogen) atoms. The SMILES string of the molecule is O=C(C1CCc2cccnc21)C1CC2CCC1N2. The van der Waals surface area contributed by atoms with Gasteiger partial charge < -0.3 is 5.32 Å². The number of Topliss-reactive ketones (excluding diaryl/α,β-unsaturated/α-hetero) is 1. The van der Waals surface area contributed by atoms with Gasteiger partial charge in [0, 0.05) is 24.2 Å². The molecule has 4 atom stereocenters. The molecule has 1 aliphatic carbocycles. The number of hydrogen-bond donors (Lipinski definition) is 1. The lowest BCUT2D eigenvalue weighted by atomic mass is 9.80. The molecule has 2 bridgehead atoms. The molecule has 3 heteroatoms. The molecule has 3 heterocycles. The quantitative estimate of drug-likeness (QED) is 0.860. The minimum absolute atomic E-state index is 0.0763. The van der Waals surface area contributed by atoms with E-state index in [0.29, 0.717) is 17.9 Å². The molecule has 3 aliphatic rings.